The van der Waals surface area contributed by atoms with E-state index in [9.17, 15) is 4.79 Å². The van der Waals surface area contributed by atoms with E-state index in [1.165, 1.54) is 0 Å². The molecule has 5 rings (SSSR count). The molecule has 8 nitrogen and oxygen atoms in total. The fourth-order valence-electron chi connectivity index (χ4n) is 4.08. The van der Waals surface area contributed by atoms with Crippen molar-refractivity contribution in [2.45, 2.75) is 50.5 Å². The molecule has 1 saturated carbocycles. The minimum absolute atomic E-state index is 0.110. The molecule has 3 heterocycles. The fraction of sp³-hybridized carbons (Fsp3) is 0.476. The minimum atomic E-state index is -0.319. The van der Waals surface area contributed by atoms with E-state index in [1.807, 2.05) is 47.8 Å². The van der Waals surface area contributed by atoms with Crippen molar-refractivity contribution in [3.63, 3.8) is 0 Å². The molecule has 0 spiro atoms. The number of rotatable bonds is 5. The molecule has 1 amide bonds. The molecule has 0 radical (unpaired) electrons. The normalized spacial score (nSPS) is 20.4. The first kappa shape index (κ1) is 18.0. The summed E-state index contributed by atoms with van der Waals surface area (Å²) in [5.41, 5.74) is 1.38. The number of carbonyl (C=O) groups excluding carboxylic acids is 1. The standard InChI is InChI=1S/C21H24N6O2/c1-14(2)18-22-19(29-24-18)17-13-27(25-23-17)16-8-11-26(12-16)20(28)21(9-10-21)15-6-4-3-5-7-15/h3-7,13-14,16H,8-12H2,1-2H3/t16-/m0/s1. The molecule has 29 heavy (non-hydrogen) atoms. The summed E-state index contributed by atoms with van der Waals surface area (Å²) in [5, 5.41) is 12.4. The number of nitrogens with zero attached hydrogens (tertiary/aromatic N) is 6. The second kappa shape index (κ2) is 6.79. The molecule has 1 aliphatic carbocycles. The molecular formula is C21H24N6O2. The van der Waals surface area contributed by atoms with Gasteiger partial charge in [0.25, 0.3) is 5.89 Å². The molecule has 1 atom stereocenters. The van der Waals surface area contributed by atoms with E-state index in [1.54, 1.807) is 0 Å². The molecule has 0 unspecified atom stereocenters. The summed E-state index contributed by atoms with van der Waals surface area (Å²) in [6.45, 7) is 5.41. The maximum absolute atomic E-state index is 13.2. The third kappa shape index (κ3) is 3.12. The van der Waals surface area contributed by atoms with Gasteiger partial charge in [-0.1, -0.05) is 54.5 Å². The van der Waals surface area contributed by atoms with Crippen molar-refractivity contribution in [1.82, 2.24) is 30.0 Å². The van der Waals surface area contributed by atoms with Crippen LogP contribution in [0.3, 0.4) is 0 Å². The third-order valence-corrected chi connectivity index (χ3v) is 6.00. The van der Waals surface area contributed by atoms with Gasteiger partial charge in [-0.3, -0.25) is 4.79 Å². The zero-order valence-corrected chi connectivity index (χ0v) is 16.7. The summed E-state index contributed by atoms with van der Waals surface area (Å²) >= 11 is 0. The average molecular weight is 392 g/mol. The summed E-state index contributed by atoms with van der Waals surface area (Å²) in [6.07, 6.45) is 4.56. The monoisotopic (exact) mass is 392 g/mol. The number of benzene rings is 1. The molecule has 2 fully saturated rings. The molecule has 150 valence electrons. The molecule has 0 N–H and O–H groups in total. The Kier molecular flexibility index (Phi) is 4.22. The molecule has 1 saturated heterocycles. The lowest BCUT2D eigenvalue weighted by Crippen LogP contribution is -2.38. The number of likely N-dealkylation sites (tertiary alicyclic amines) is 1. The molecule has 1 aliphatic heterocycles. The summed E-state index contributed by atoms with van der Waals surface area (Å²) in [4.78, 5) is 19.6. The van der Waals surface area contributed by atoms with Crippen molar-refractivity contribution < 1.29 is 9.32 Å². The van der Waals surface area contributed by atoms with Crippen molar-refractivity contribution in [1.29, 1.82) is 0 Å². The van der Waals surface area contributed by atoms with E-state index < -0.39 is 0 Å². The summed E-state index contributed by atoms with van der Waals surface area (Å²) in [5.74, 6) is 1.47. The van der Waals surface area contributed by atoms with E-state index in [0.717, 1.165) is 31.4 Å². The first-order chi connectivity index (χ1) is 14.1. The Bertz CT molecular complexity index is 1020. The zero-order chi connectivity index (χ0) is 20.0. The van der Waals surface area contributed by atoms with Crippen LogP contribution in [0.2, 0.25) is 0 Å². The van der Waals surface area contributed by atoms with Crippen LogP contribution >= 0.6 is 0 Å². The van der Waals surface area contributed by atoms with Gasteiger partial charge in [0.05, 0.1) is 17.7 Å². The number of hydrogen-bond donors (Lipinski definition) is 0. The lowest BCUT2D eigenvalue weighted by atomic mass is 9.94. The average Bonchev–Trinajstić information content (AvgIpc) is 3.15. The topological polar surface area (TPSA) is 89.9 Å². The van der Waals surface area contributed by atoms with Crippen molar-refractivity contribution >= 4 is 5.91 Å². The van der Waals surface area contributed by atoms with Gasteiger partial charge in [0.15, 0.2) is 11.5 Å². The third-order valence-electron chi connectivity index (χ3n) is 6.00. The van der Waals surface area contributed by atoms with Crippen LogP contribution in [-0.4, -0.2) is 49.0 Å². The van der Waals surface area contributed by atoms with Crippen LogP contribution in [0.5, 0.6) is 0 Å². The van der Waals surface area contributed by atoms with Gasteiger partial charge in [0.2, 0.25) is 5.91 Å². The summed E-state index contributed by atoms with van der Waals surface area (Å²) in [6, 6.07) is 10.3. The van der Waals surface area contributed by atoms with E-state index in [0.29, 0.717) is 24.0 Å². The van der Waals surface area contributed by atoms with E-state index in [2.05, 4.69) is 32.6 Å². The minimum Gasteiger partial charge on any atom is -0.340 e. The van der Waals surface area contributed by atoms with Crippen molar-refractivity contribution in [3.05, 3.63) is 47.9 Å². The lowest BCUT2D eigenvalue weighted by molar-refractivity contribution is -0.133. The smallest absolute Gasteiger partial charge is 0.280 e. The summed E-state index contributed by atoms with van der Waals surface area (Å²) in [7, 11) is 0. The Morgan fingerprint density at radius 2 is 2.03 bits per heavy atom. The highest BCUT2D eigenvalue weighted by Crippen LogP contribution is 2.50. The van der Waals surface area contributed by atoms with Gasteiger partial charge < -0.3 is 9.42 Å². The highest BCUT2D eigenvalue weighted by molar-refractivity contribution is 5.91. The van der Waals surface area contributed by atoms with Gasteiger partial charge in [-0.25, -0.2) is 4.68 Å². The van der Waals surface area contributed by atoms with Crippen molar-refractivity contribution in [2.24, 2.45) is 0 Å². The quantitative estimate of drug-likeness (QED) is 0.663. The summed E-state index contributed by atoms with van der Waals surface area (Å²) < 4.78 is 7.13. The molecule has 8 heteroatoms. The van der Waals surface area contributed by atoms with Crippen LogP contribution in [0.4, 0.5) is 0 Å². The van der Waals surface area contributed by atoms with Crippen molar-refractivity contribution in [2.75, 3.05) is 13.1 Å². The number of hydrogen-bond acceptors (Lipinski definition) is 6. The van der Waals surface area contributed by atoms with Crippen LogP contribution in [-0.2, 0) is 10.2 Å². The zero-order valence-electron chi connectivity index (χ0n) is 16.7. The van der Waals surface area contributed by atoms with Gasteiger partial charge in [0.1, 0.15) is 0 Å². The van der Waals surface area contributed by atoms with E-state index in [-0.39, 0.29) is 23.3 Å². The first-order valence-electron chi connectivity index (χ1n) is 10.2. The van der Waals surface area contributed by atoms with Crippen LogP contribution in [0.25, 0.3) is 11.6 Å². The van der Waals surface area contributed by atoms with Gasteiger partial charge in [-0.05, 0) is 24.8 Å². The van der Waals surface area contributed by atoms with Crippen LogP contribution < -0.4 is 0 Å². The van der Waals surface area contributed by atoms with Crippen molar-refractivity contribution in [3.8, 4) is 11.6 Å². The molecular weight excluding hydrogens is 368 g/mol. The van der Waals surface area contributed by atoms with Gasteiger partial charge in [-0.2, -0.15) is 4.98 Å². The van der Waals surface area contributed by atoms with Crippen LogP contribution in [0.1, 0.15) is 56.5 Å². The van der Waals surface area contributed by atoms with Crippen LogP contribution in [0, 0.1) is 0 Å². The fourth-order valence-corrected chi connectivity index (χ4v) is 4.08. The largest absolute Gasteiger partial charge is 0.340 e. The first-order valence-corrected chi connectivity index (χ1v) is 10.2. The molecule has 3 aromatic rings. The van der Waals surface area contributed by atoms with E-state index >= 15 is 0 Å². The highest BCUT2D eigenvalue weighted by atomic mass is 16.5. The van der Waals surface area contributed by atoms with Gasteiger partial charge in [0, 0.05) is 19.0 Å². The highest BCUT2D eigenvalue weighted by Gasteiger charge is 2.53. The number of amides is 1. The molecule has 2 aliphatic rings. The Labute approximate surface area is 168 Å². The Hall–Kier alpha value is -3.03. The number of aromatic nitrogens is 5. The predicted molar refractivity (Wildman–Crippen MR) is 105 cm³/mol. The maximum Gasteiger partial charge on any atom is 0.280 e. The van der Waals surface area contributed by atoms with Gasteiger partial charge in [-0.15, -0.1) is 5.10 Å². The SMILES string of the molecule is CC(C)c1noc(-c2cn([C@H]3CCN(C(=O)C4(c5ccccc5)CC4)C3)nn2)n1. The molecule has 0 bridgehead atoms. The number of carbonyl (C=O) groups is 1. The van der Waals surface area contributed by atoms with E-state index in [4.69, 9.17) is 4.52 Å². The molecule has 2 aromatic heterocycles. The Morgan fingerprint density at radius 3 is 2.72 bits per heavy atom. The maximum atomic E-state index is 13.2. The molecule has 1 aromatic carbocycles. The second-order valence-corrected chi connectivity index (χ2v) is 8.34. The lowest BCUT2D eigenvalue weighted by Gasteiger charge is -2.23. The Morgan fingerprint density at radius 1 is 1.24 bits per heavy atom. The van der Waals surface area contributed by atoms with Gasteiger partial charge >= 0.3 is 0 Å². The Balaban J connectivity index is 1.29. The second-order valence-electron chi connectivity index (χ2n) is 8.34. The predicted octanol–water partition coefficient (Wildman–Crippen LogP) is 2.96. The van der Waals surface area contributed by atoms with Crippen LogP contribution in [0.15, 0.2) is 41.1 Å².